The first-order chi connectivity index (χ1) is 14.6. The van der Waals surface area contributed by atoms with Crippen molar-refractivity contribution >= 4 is 22.2 Å². The SMILES string of the molecule is COc1ccc(CCNC(=O)c2csc3nc(-c4ccc(F)cc4)cn23)cc1OC. The zero-order valence-electron chi connectivity index (χ0n) is 16.5. The normalized spacial score (nSPS) is 10.9. The predicted molar refractivity (Wildman–Crippen MR) is 114 cm³/mol. The van der Waals surface area contributed by atoms with E-state index in [-0.39, 0.29) is 11.7 Å². The molecule has 6 nitrogen and oxygen atoms in total. The summed E-state index contributed by atoms with van der Waals surface area (Å²) < 4.78 is 25.5. The molecule has 0 saturated carbocycles. The fraction of sp³-hybridized carbons (Fsp3) is 0.182. The molecule has 8 heteroatoms. The smallest absolute Gasteiger partial charge is 0.269 e. The molecule has 0 aliphatic rings. The van der Waals surface area contributed by atoms with Crippen molar-refractivity contribution in [2.75, 3.05) is 20.8 Å². The van der Waals surface area contributed by atoms with Crippen LogP contribution < -0.4 is 14.8 Å². The van der Waals surface area contributed by atoms with Crippen LogP contribution in [0.3, 0.4) is 0 Å². The zero-order valence-corrected chi connectivity index (χ0v) is 17.3. The summed E-state index contributed by atoms with van der Waals surface area (Å²) in [6.45, 7) is 0.477. The van der Waals surface area contributed by atoms with Crippen molar-refractivity contribution in [3.8, 4) is 22.8 Å². The monoisotopic (exact) mass is 425 g/mol. The summed E-state index contributed by atoms with van der Waals surface area (Å²) in [5.41, 5.74) is 3.04. The lowest BCUT2D eigenvalue weighted by Crippen LogP contribution is -2.26. The lowest BCUT2D eigenvalue weighted by atomic mass is 10.1. The molecule has 0 aliphatic carbocycles. The number of imidazole rings is 1. The Hall–Kier alpha value is -3.39. The molecule has 0 fully saturated rings. The van der Waals surface area contributed by atoms with Crippen LogP contribution in [0, 0.1) is 5.82 Å². The molecule has 2 aromatic heterocycles. The highest BCUT2D eigenvalue weighted by atomic mass is 32.1. The second kappa shape index (κ2) is 8.54. The van der Waals surface area contributed by atoms with Crippen LogP contribution >= 0.6 is 11.3 Å². The molecule has 1 amide bonds. The minimum Gasteiger partial charge on any atom is -0.493 e. The van der Waals surface area contributed by atoms with Crippen LogP contribution in [0.4, 0.5) is 4.39 Å². The maximum atomic E-state index is 13.1. The van der Waals surface area contributed by atoms with Gasteiger partial charge in [0.2, 0.25) is 0 Å². The Labute approximate surface area is 176 Å². The van der Waals surface area contributed by atoms with Crippen molar-refractivity contribution in [2.45, 2.75) is 6.42 Å². The van der Waals surface area contributed by atoms with Crippen LogP contribution in [-0.2, 0) is 6.42 Å². The van der Waals surface area contributed by atoms with E-state index < -0.39 is 0 Å². The molecule has 0 spiro atoms. The second-order valence-corrected chi connectivity index (χ2v) is 7.44. The molecule has 0 atom stereocenters. The molecule has 0 unspecified atom stereocenters. The van der Waals surface area contributed by atoms with Gasteiger partial charge in [-0.15, -0.1) is 11.3 Å². The minimum absolute atomic E-state index is 0.176. The molecule has 154 valence electrons. The molecule has 0 radical (unpaired) electrons. The van der Waals surface area contributed by atoms with Gasteiger partial charge in [0.1, 0.15) is 11.5 Å². The molecule has 30 heavy (non-hydrogen) atoms. The predicted octanol–water partition coefficient (Wildman–Crippen LogP) is 4.19. The van der Waals surface area contributed by atoms with E-state index in [1.165, 1.54) is 23.5 Å². The molecular formula is C22H20FN3O3S. The molecule has 2 aromatic carbocycles. The zero-order chi connectivity index (χ0) is 21.1. The van der Waals surface area contributed by atoms with Crippen molar-refractivity contribution in [3.05, 3.63) is 71.1 Å². The molecule has 0 bridgehead atoms. The fourth-order valence-electron chi connectivity index (χ4n) is 3.15. The van der Waals surface area contributed by atoms with Gasteiger partial charge in [0.05, 0.1) is 19.9 Å². The highest BCUT2D eigenvalue weighted by Crippen LogP contribution is 2.28. The first-order valence-corrected chi connectivity index (χ1v) is 10.2. The van der Waals surface area contributed by atoms with Gasteiger partial charge < -0.3 is 14.8 Å². The third-order valence-corrected chi connectivity index (χ3v) is 5.57. The van der Waals surface area contributed by atoms with Crippen molar-refractivity contribution in [1.29, 1.82) is 0 Å². The summed E-state index contributed by atoms with van der Waals surface area (Å²) in [6.07, 6.45) is 2.45. The number of amides is 1. The van der Waals surface area contributed by atoms with Crippen LogP contribution in [0.1, 0.15) is 16.1 Å². The number of nitrogens with one attached hydrogen (secondary N) is 1. The molecule has 0 saturated heterocycles. The molecule has 0 aliphatic heterocycles. The summed E-state index contributed by atoms with van der Waals surface area (Å²) >= 11 is 1.39. The Bertz CT molecular complexity index is 1180. The number of fused-ring (bicyclic) bond motifs is 1. The van der Waals surface area contributed by atoms with Crippen molar-refractivity contribution in [2.24, 2.45) is 0 Å². The number of carbonyl (C=O) groups is 1. The number of ether oxygens (including phenoxy) is 2. The Morgan fingerprint density at radius 1 is 1.13 bits per heavy atom. The van der Waals surface area contributed by atoms with E-state index in [9.17, 15) is 9.18 Å². The van der Waals surface area contributed by atoms with Gasteiger partial charge in [-0.1, -0.05) is 6.07 Å². The Kier molecular flexibility index (Phi) is 5.67. The summed E-state index contributed by atoms with van der Waals surface area (Å²) in [5.74, 6) is 0.856. The summed E-state index contributed by atoms with van der Waals surface area (Å²) in [6, 6.07) is 11.8. The van der Waals surface area contributed by atoms with Gasteiger partial charge in [-0.25, -0.2) is 9.37 Å². The highest BCUT2D eigenvalue weighted by Gasteiger charge is 2.15. The number of hydrogen-bond acceptors (Lipinski definition) is 5. The quantitative estimate of drug-likeness (QED) is 0.482. The van der Waals surface area contributed by atoms with E-state index in [0.717, 1.165) is 11.1 Å². The molecule has 1 N–H and O–H groups in total. The van der Waals surface area contributed by atoms with E-state index in [1.807, 2.05) is 18.2 Å². The number of benzene rings is 2. The highest BCUT2D eigenvalue weighted by molar-refractivity contribution is 7.15. The standard InChI is InChI=1S/C22H20FN3O3S/c1-28-19-8-3-14(11-20(19)29-2)9-10-24-21(27)18-13-30-22-25-17(12-26(18)22)15-4-6-16(23)7-5-15/h3-8,11-13H,9-10H2,1-2H3,(H,24,27). The van der Waals surface area contributed by atoms with Crippen LogP contribution in [-0.4, -0.2) is 36.1 Å². The average molecular weight is 425 g/mol. The van der Waals surface area contributed by atoms with Gasteiger partial charge >= 0.3 is 0 Å². The summed E-state index contributed by atoms with van der Waals surface area (Å²) in [4.78, 5) is 17.9. The van der Waals surface area contributed by atoms with E-state index in [2.05, 4.69) is 10.3 Å². The Morgan fingerprint density at radius 3 is 2.63 bits per heavy atom. The van der Waals surface area contributed by atoms with Crippen molar-refractivity contribution in [3.63, 3.8) is 0 Å². The number of methoxy groups -OCH3 is 2. The topological polar surface area (TPSA) is 64.9 Å². The van der Waals surface area contributed by atoms with E-state index >= 15 is 0 Å². The van der Waals surface area contributed by atoms with Crippen LogP contribution in [0.15, 0.2) is 54.0 Å². The maximum absolute atomic E-state index is 13.1. The average Bonchev–Trinajstić information content (AvgIpc) is 3.35. The number of carbonyl (C=O) groups excluding carboxylic acids is 1. The number of aromatic nitrogens is 2. The Balaban J connectivity index is 1.44. The maximum Gasteiger partial charge on any atom is 0.269 e. The molecule has 2 heterocycles. The number of nitrogens with zero attached hydrogens (tertiary/aromatic N) is 2. The third kappa shape index (κ3) is 3.99. The molecule has 4 aromatic rings. The van der Waals surface area contributed by atoms with Gasteiger partial charge in [0.15, 0.2) is 16.5 Å². The third-order valence-electron chi connectivity index (χ3n) is 4.73. The van der Waals surface area contributed by atoms with Gasteiger partial charge in [0.25, 0.3) is 5.91 Å². The lowest BCUT2D eigenvalue weighted by molar-refractivity contribution is 0.0948. The van der Waals surface area contributed by atoms with E-state index in [1.54, 1.807) is 42.3 Å². The number of rotatable bonds is 7. The van der Waals surface area contributed by atoms with E-state index in [4.69, 9.17) is 9.47 Å². The number of hydrogen-bond donors (Lipinski definition) is 1. The minimum atomic E-state index is -0.297. The summed E-state index contributed by atoms with van der Waals surface area (Å²) in [7, 11) is 3.19. The molecular weight excluding hydrogens is 405 g/mol. The first kappa shape index (κ1) is 19.9. The number of thiazole rings is 1. The fourth-order valence-corrected chi connectivity index (χ4v) is 4.01. The molecule has 4 rings (SSSR count). The first-order valence-electron chi connectivity index (χ1n) is 9.30. The number of halogens is 1. The lowest BCUT2D eigenvalue weighted by Gasteiger charge is -2.10. The second-order valence-electron chi connectivity index (χ2n) is 6.60. The van der Waals surface area contributed by atoms with Crippen LogP contribution in [0.25, 0.3) is 16.2 Å². The van der Waals surface area contributed by atoms with Gasteiger partial charge in [-0.05, 0) is 48.4 Å². The van der Waals surface area contributed by atoms with Gasteiger partial charge in [-0.2, -0.15) is 0 Å². The van der Waals surface area contributed by atoms with Crippen molar-refractivity contribution in [1.82, 2.24) is 14.7 Å². The van der Waals surface area contributed by atoms with Crippen LogP contribution in [0.2, 0.25) is 0 Å². The van der Waals surface area contributed by atoms with Gasteiger partial charge in [0, 0.05) is 23.7 Å². The van der Waals surface area contributed by atoms with E-state index in [0.29, 0.717) is 40.8 Å². The summed E-state index contributed by atoms with van der Waals surface area (Å²) in [5, 5.41) is 4.73. The van der Waals surface area contributed by atoms with Gasteiger partial charge in [-0.3, -0.25) is 9.20 Å². The van der Waals surface area contributed by atoms with Crippen molar-refractivity contribution < 1.29 is 18.7 Å². The van der Waals surface area contributed by atoms with Crippen LogP contribution in [0.5, 0.6) is 11.5 Å². The Morgan fingerprint density at radius 2 is 1.90 bits per heavy atom. The largest absolute Gasteiger partial charge is 0.493 e.